The quantitative estimate of drug-likeness (QED) is 0.904. The second kappa shape index (κ2) is 6.72. The van der Waals surface area contributed by atoms with Crippen molar-refractivity contribution in [1.29, 1.82) is 0 Å². The third kappa shape index (κ3) is 4.05. The maximum Gasteiger partial charge on any atom is 0.225 e. The fraction of sp³-hybridized carbons (Fsp3) is 0.294. The number of nitrogens with zero attached hydrogens (tertiary/aromatic N) is 1. The zero-order valence-electron chi connectivity index (χ0n) is 12.5. The molecule has 1 N–H and O–H groups in total. The Morgan fingerprint density at radius 1 is 1.38 bits per heavy atom. The molecule has 0 aliphatic heterocycles. The van der Waals surface area contributed by atoms with Crippen LogP contribution in [0.25, 0.3) is 0 Å². The summed E-state index contributed by atoms with van der Waals surface area (Å²) in [4.78, 5) is 16.3. The average molecular weight is 303 g/mol. The number of halogens is 1. The first-order valence-electron chi connectivity index (χ1n) is 6.94. The van der Waals surface area contributed by atoms with Crippen LogP contribution >= 0.6 is 11.6 Å². The van der Waals surface area contributed by atoms with Gasteiger partial charge in [0.2, 0.25) is 5.91 Å². The predicted molar refractivity (Wildman–Crippen MR) is 86.8 cm³/mol. The van der Waals surface area contributed by atoms with Gasteiger partial charge in [-0.25, -0.2) is 0 Å². The maximum absolute atomic E-state index is 12.2. The Morgan fingerprint density at radius 2 is 2.14 bits per heavy atom. The minimum absolute atomic E-state index is 0.0415. The molecule has 1 amide bonds. The van der Waals surface area contributed by atoms with Crippen LogP contribution in [0.1, 0.15) is 36.0 Å². The predicted octanol–water partition coefficient (Wildman–Crippen LogP) is 4.48. The number of aryl methyl sites for hydroxylation is 2. The lowest BCUT2D eigenvalue weighted by atomic mass is 9.99. The number of pyridine rings is 1. The smallest absolute Gasteiger partial charge is 0.225 e. The molecule has 3 nitrogen and oxygen atoms in total. The molecule has 0 fully saturated rings. The van der Waals surface area contributed by atoms with Crippen LogP contribution in [0.5, 0.6) is 0 Å². The van der Waals surface area contributed by atoms with Crippen LogP contribution in [-0.2, 0) is 4.79 Å². The SMILES string of the molecule is Cc1cc(C)c(NC(=O)CC(C)c2cccnc2)c(Cl)c1. The maximum atomic E-state index is 12.2. The summed E-state index contributed by atoms with van der Waals surface area (Å²) in [7, 11) is 0. The van der Waals surface area contributed by atoms with Crippen molar-refractivity contribution in [3.05, 3.63) is 58.4 Å². The summed E-state index contributed by atoms with van der Waals surface area (Å²) in [6.07, 6.45) is 3.92. The Labute approximate surface area is 130 Å². The van der Waals surface area contributed by atoms with Crippen molar-refractivity contribution in [3.8, 4) is 0 Å². The van der Waals surface area contributed by atoms with E-state index < -0.39 is 0 Å². The first-order valence-corrected chi connectivity index (χ1v) is 7.31. The fourth-order valence-corrected chi connectivity index (χ4v) is 2.70. The molecule has 0 bridgehead atoms. The van der Waals surface area contributed by atoms with Crippen LogP contribution < -0.4 is 5.32 Å². The van der Waals surface area contributed by atoms with Crippen molar-refractivity contribution in [2.45, 2.75) is 33.1 Å². The van der Waals surface area contributed by atoms with E-state index in [-0.39, 0.29) is 11.8 Å². The van der Waals surface area contributed by atoms with Gasteiger partial charge in [0.15, 0.2) is 0 Å². The van der Waals surface area contributed by atoms with Gasteiger partial charge in [-0.2, -0.15) is 0 Å². The van der Waals surface area contributed by atoms with Gasteiger partial charge >= 0.3 is 0 Å². The number of nitrogens with one attached hydrogen (secondary N) is 1. The molecule has 2 aromatic rings. The summed E-state index contributed by atoms with van der Waals surface area (Å²) in [5.74, 6) is 0.0726. The van der Waals surface area contributed by atoms with Crippen molar-refractivity contribution in [3.63, 3.8) is 0 Å². The van der Waals surface area contributed by atoms with Crippen LogP contribution in [0.15, 0.2) is 36.7 Å². The first-order chi connectivity index (χ1) is 9.97. The van der Waals surface area contributed by atoms with Crippen molar-refractivity contribution < 1.29 is 4.79 Å². The van der Waals surface area contributed by atoms with Gasteiger partial charge in [0.05, 0.1) is 10.7 Å². The van der Waals surface area contributed by atoms with E-state index in [1.807, 2.05) is 45.0 Å². The van der Waals surface area contributed by atoms with Gasteiger partial charge in [0.25, 0.3) is 0 Å². The number of rotatable bonds is 4. The van der Waals surface area contributed by atoms with Gasteiger partial charge in [-0.1, -0.05) is 30.7 Å². The Bertz CT molecular complexity index is 617. The molecule has 110 valence electrons. The molecule has 2 rings (SSSR count). The zero-order valence-corrected chi connectivity index (χ0v) is 13.2. The topological polar surface area (TPSA) is 42.0 Å². The molecule has 1 atom stereocenters. The molecule has 0 aliphatic rings. The summed E-state index contributed by atoms with van der Waals surface area (Å²) in [6, 6.07) is 7.72. The molecule has 0 radical (unpaired) electrons. The van der Waals surface area contributed by atoms with Crippen LogP contribution in [0.3, 0.4) is 0 Å². The molecule has 21 heavy (non-hydrogen) atoms. The molecule has 4 heteroatoms. The van der Waals surface area contributed by atoms with E-state index in [0.29, 0.717) is 17.1 Å². The molecule has 0 saturated carbocycles. The number of hydrogen-bond acceptors (Lipinski definition) is 2. The van der Waals surface area contributed by atoms with Crippen LogP contribution in [0.4, 0.5) is 5.69 Å². The molecular weight excluding hydrogens is 284 g/mol. The molecule has 0 saturated heterocycles. The standard InChI is InChI=1S/C17H19ClN2O/c1-11-7-13(3)17(15(18)8-11)20-16(21)9-12(2)14-5-4-6-19-10-14/h4-8,10,12H,9H2,1-3H3,(H,20,21). The van der Waals surface area contributed by atoms with Crippen molar-refractivity contribution in [1.82, 2.24) is 4.98 Å². The summed E-state index contributed by atoms with van der Waals surface area (Å²) >= 11 is 6.21. The number of aromatic nitrogens is 1. The number of anilines is 1. The third-order valence-electron chi connectivity index (χ3n) is 3.44. The number of carbonyl (C=O) groups is 1. The molecule has 1 aromatic heterocycles. The number of benzene rings is 1. The highest BCUT2D eigenvalue weighted by molar-refractivity contribution is 6.34. The van der Waals surface area contributed by atoms with Gasteiger partial charge in [-0.3, -0.25) is 9.78 Å². The van der Waals surface area contributed by atoms with Gasteiger partial charge < -0.3 is 5.32 Å². The lowest BCUT2D eigenvalue weighted by Gasteiger charge is -2.14. The second-order valence-corrected chi connectivity index (χ2v) is 5.79. The number of hydrogen-bond donors (Lipinski definition) is 1. The van der Waals surface area contributed by atoms with Gasteiger partial charge in [-0.05, 0) is 48.6 Å². The number of carbonyl (C=O) groups excluding carboxylic acids is 1. The Hall–Kier alpha value is -1.87. The molecule has 0 aliphatic carbocycles. The molecule has 1 unspecified atom stereocenters. The van der Waals surface area contributed by atoms with E-state index in [9.17, 15) is 4.79 Å². The highest BCUT2D eigenvalue weighted by Crippen LogP contribution is 2.28. The van der Waals surface area contributed by atoms with Crippen LogP contribution in [0, 0.1) is 13.8 Å². The first kappa shape index (κ1) is 15.5. The highest BCUT2D eigenvalue weighted by atomic mass is 35.5. The second-order valence-electron chi connectivity index (χ2n) is 5.38. The third-order valence-corrected chi connectivity index (χ3v) is 3.74. The lowest BCUT2D eigenvalue weighted by Crippen LogP contribution is -2.15. The van der Waals surface area contributed by atoms with E-state index in [0.717, 1.165) is 16.7 Å². The normalized spacial score (nSPS) is 12.0. The summed E-state index contributed by atoms with van der Waals surface area (Å²) in [5.41, 5.74) is 3.81. The summed E-state index contributed by atoms with van der Waals surface area (Å²) in [6.45, 7) is 5.94. The van der Waals surface area contributed by atoms with Crippen molar-refractivity contribution >= 4 is 23.2 Å². The Kier molecular flexibility index (Phi) is 4.97. The van der Waals surface area contributed by atoms with Gasteiger partial charge in [0, 0.05) is 18.8 Å². The highest BCUT2D eigenvalue weighted by Gasteiger charge is 2.14. The molecule has 1 heterocycles. The summed E-state index contributed by atoms with van der Waals surface area (Å²) < 4.78 is 0. The van der Waals surface area contributed by atoms with Crippen LogP contribution in [0.2, 0.25) is 5.02 Å². The van der Waals surface area contributed by atoms with Crippen molar-refractivity contribution in [2.75, 3.05) is 5.32 Å². The molecular formula is C17H19ClN2O. The van der Waals surface area contributed by atoms with Crippen molar-refractivity contribution in [2.24, 2.45) is 0 Å². The zero-order chi connectivity index (χ0) is 15.4. The number of amides is 1. The Balaban J connectivity index is 2.06. The van der Waals surface area contributed by atoms with E-state index in [2.05, 4.69) is 10.3 Å². The largest absolute Gasteiger partial charge is 0.325 e. The fourth-order valence-electron chi connectivity index (χ4n) is 2.33. The van der Waals surface area contributed by atoms with Crippen LogP contribution in [-0.4, -0.2) is 10.9 Å². The monoisotopic (exact) mass is 302 g/mol. The van der Waals surface area contributed by atoms with E-state index in [1.54, 1.807) is 12.4 Å². The molecule has 1 aromatic carbocycles. The van der Waals surface area contributed by atoms with E-state index in [4.69, 9.17) is 11.6 Å². The minimum atomic E-state index is -0.0415. The van der Waals surface area contributed by atoms with E-state index >= 15 is 0 Å². The van der Waals surface area contributed by atoms with Gasteiger partial charge in [-0.15, -0.1) is 0 Å². The molecule has 0 spiro atoms. The summed E-state index contributed by atoms with van der Waals surface area (Å²) in [5, 5.41) is 3.49. The van der Waals surface area contributed by atoms with E-state index in [1.165, 1.54) is 0 Å². The minimum Gasteiger partial charge on any atom is -0.325 e. The van der Waals surface area contributed by atoms with Gasteiger partial charge in [0.1, 0.15) is 0 Å². The average Bonchev–Trinajstić information content (AvgIpc) is 2.43. The lowest BCUT2D eigenvalue weighted by molar-refractivity contribution is -0.116. The Morgan fingerprint density at radius 3 is 2.76 bits per heavy atom.